The largest absolute Gasteiger partial charge is 0.459 e. The van der Waals surface area contributed by atoms with Crippen LogP contribution in [0.25, 0.3) is 0 Å². The molecule has 0 amide bonds. The van der Waals surface area contributed by atoms with Crippen LogP contribution in [0.3, 0.4) is 0 Å². The molecule has 0 aromatic carbocycles. The van der Waals surface area contributed by atoms with Crippen molar-refractivity contribution in [3.63, 3.8) is 0 Å². The molecule has 0 aromatic rings. The van der Waals surface area contributed by atoms with Crippen LogP contribution in [-0.2, 0) is 19.3 Å². The SMILES string of the molecule is C=CCOC1=NC(OOC(C)(C)CC)=NCN1OCC=C. The van der Waals surface area contributed by atoms with E-state index in [-0.39, 0.29) is 18.7 Å². The molecule has 0 radical (unpaired) electrons. The summed E-state index contributed by atoms with van der Waals surface area (Å²) in [6, 6.07) is 0.327. The van der Waals surface area contributed by atoms with Crippen LogP contribution in [-0.4, -0.2) is 42.6 Å². The Kier molecular flexibility index (Phi) is 6.90. The predicted octanol–water partition coefficient (Wildman–Crippen LogP) is 2.43. The van der Waals surface area contributed by atoms with Gasteiger partial charge in [-0.3, -0.25) is 9.73 Å². The van der Waals surface area contributed by atoms with Gasteiger partial charge in [-0.25, -0.2) is 4.99 Å². The molecule has 7 heteroatoms. The molecule has 1 aliphatic rings. The number of nitrogens with zero attached hydrogens (tertiary/aromatic N) is 3. The van der Waals surface area contributed by atoms with E-state index in [0.29, 0.717) is 13.2 Å². The summed E-state index contributed by atoms with van der Waals surface area (Å²) in [5, 5.41) is 1.41. The van der Waals surface area contributed by atoms with E-state index in [1.807, 2.05) is 20.8 Å². The van der Waals surface area contributed by atoms with Gasteiger partial charge in [-0.15, -0.1) is 11.6 Å². The molecule has 7 nitrogen and oxygen atoms in total. The van der Waals surface area contributed by atoms with Crippen molar-refractivity contribution in [2.75, 3.05) is 19.9 Å². The molecule has 21 heavy (non-hydrogen) atoms. The van der Waals surface area contributed by atoms with Gasteiger partial charge in [0.2, 0.25) is 0 Å². The van der Waals surface area contributed by atoms with E-state index in [2.05, 4.69) is 23.1 Å². The zero-order valence-corrected chi connectivity index (χ0v) is 12.9. The highest BCUT2D eigenvalue weighted by molar-refractivity contribution is 5.90. The Morgan fingerprint density at radius 3 is 2.62 bits per heavy atom. The first-order valence-electron chi connectivity index (χ1n) is 6.76. The van der Waals surface area contributed by atoms with Gasteiger partial charge in [0.15, 0.2) is 0 Å². The Morgan fingerprint density at radius 2 is 2.00 bits per heavy atom. The maximum Gasteiger partial charge on any atom is 0.355 e. The predicted molar refractivity (Wildman–Crippen MR) is 80.4 cm³/mol. The van der Waals surface area contributed by atoms with Crippen molar-refractivity contribution >= 4 is 12.0 Å². The van der Waals surface area contributed by atoms with Gasteiger partial charge in [0.1, 0.15) is 18.9 Å². The maximum atomic E-state index is 5.41. The molecular formula is C14H23N3O4. The molecule has 0 unspecified atom stereocenters. The fourth-order valence-electron chi connectivity index (χ4n) is 1.09. The summed E-state index contributed by atoms with van der Waals surface area (Å²) in [5.74, 6) is 0. The van der Waals surface area contributed by atoms with Crippen LogP contribution in [0.4, 0.5) is 0 Å². The lowest BCUT2D eigenvalue weighted by atomic mass is 10.1. The maximum absolute atomic E-state index is 5.41. The van der Waals surface area contributed by atoms with Gasteiger partial charge in [0, 0.05) is 0 Å². The van der Waals surface area contributed by atoms with Crippen LogP contribution in [0.2, 0.25) is 0 Å². The van der Waals surface area contributed by atoms with Crippen molar-refractivity contribution in [1.29, 1.82) is 0 Å². The summed E-state index contributed by atoms with van der Waals surface area (Å²) >= 11 is 0. The number of hydrogen-bond acceptors (Lipinski definition) is 7. The van der Waals surface area contributed by atoms with E-state index in [4.69, 9.17) is 19.3 Å². The molecule has 0 spiro atoms. The van der Waals surface area contributed by atoms with Gasteiger partial charge in [0.05, 0.1) is 6.61 Å². The summed E-state index contributed by atoms with van der Waals surface area (Å²) in [6.45, 7) is 13.8. The van der Waals surface area contributed by atoms with E-state index < -0.39 is 5.60 Å². The third-order valence-electron chi connectivity index (χ3n) is 2.61. The first-order valence-corrected chi connectivity index (χ1v) is 6.76. The van der Waals surface area contributed by atoms with Crippen LogP contribution >= 0.6 is 0 Å². The number of rotatable bonds is 8. The Labute approximate surface area is 125 Å². The summed E-state index contributed by atoms with van der Waals surface area (Å²) in [6.07, 6.45) is 4.02. The standard InChI is InChI=1S/C14H23N3O4/c1-6-9-18-13-16-12(20-21-14(4,5)8-3)15-11-17(13)19-10-7-2/h6-7H,1-2,8-11H2,3-5H3. The van der Waals surface area contributed by atoms with Gasteiger partial charge in [-0.2, -0.15) is 9.95 Å². The number of ether oxygens (including phenoxy) is 1. The highest BCUT2D eigenvalue weighted by Crippen LogP contribution is 2.15. The van der Waals surface area contributed by atoms with Crippen molar-refractivity contribution in [2.45, 2.75) is 32.8 Å². The number of hydrogen-bond donors (Lipinski definition) is 0. The summed E-state index contributed by atoms with van der Waals surface area (Å²) in [5.41, 5.74) is -0.420. The first-order chi connectivity index (χ1) is 10.0. The fraction of sp³-hybridized carbons (Fsp3) is 0.571. The molecule has 0 saturated carbocycles. The second-order valence-electron chi connectivity index (χ2n) is 4.82. The lowest BCUT2D eigenvalue weighted by Gasteiger charge is -2.26. The second kappa shape index (κ2) is 8.43. The van der Waals surface area contributed by atoms with Crippen molar-refractivity contribution < 1.29 is 19.3 Å². The molecule has 1 aliphatic heterocycles. The highest BCUT2D eigenvalue weighted by atomic mass is 17.2. The van der Waals surface area contributed by atoms with Crippen LogP contribution in [0.15, 0.2) is 35.3 Å². The highest BCUT2D eigenvalue weighted by Gasteiger charge is 2.23. The minimum absolute atomic E-state index is 0.0917. The fourth-order valence-corrected chi connectivity index (χ4v) is 1.09. The second-order valence-corrected chi connectivity index (χ2v) is 4.82. The molecule has 0 bridgehead atoms. The van der Waals surface area contributed by atoms with Crippen LogP contribution in [0, 0.1) is 0 Å². The average Bonchev–Trinajstić information content (AvgIpc) is 2.49. The van der Waals surface area contributed by atoms with Crippen molar-refractivity contribution in [1.82, 2.24) is 5.06 Å². The molecule has 118 valence electrons. The molecule has 0 aliphatic carbocycles. The zero-order chi connectivity index (χ0) is 15.7. The van der Waals surface area contributed by atoms with Gasteiger partial charge >= 0.3 is 12.0 Å². The number of hydroxylamine groups is 2. The molecule has 0 saturated heterocycles. The van der Waals surface area contributed by atoms with Crippen LogP contribution < -0.4 is 0 Å². The summed E-state index contributed by atoms with van der Waals surface area (Å²) < 4.78 is 5.41. The minimum Gasteiger partial charge on any atom is -0.459 e. The van der Waals surface area contributed by atoms with E-state index >= 15 is 0 Å². The van der Waals surface area contributed by atoms with Gasteiger partial charge < -0.3 is 4.74 Å². The van der Waals surface area contributed by atoms with Crippen LogP contribution in [0.5, 0.6) is 0 Å². The Bertz CT molecular complexity index is 418. The van der Waals surface area contributed by atoms with Crippen molar-refractivity contribution in [2.24, 2.45) is 9.98 Å². The molecule has 1 rings (SSSR count). The number of aliphatic imine (C=N–C) groups is 2. The van der Waals surface area contributed by atoms with E-state index in [0.717, 1.165) is 6.42 Å². The summed E-state index contributed by atoms with van der Waals surface area (Å²) in [4.78, 5) is 24.0. The normalized spacial score (nSPS) is 15.1. The zero-order valence-electron chi connectivity index (χ0n) is 12.9. The average molecular weight is 297 g/mol. The molecule has 0 aromatic heterocycles. The van der Waals surface area contributed by atoms with Gasteiger partial charge in [0.25, 0.3) is 0 Å². The Balaban J connectivity index is 2.66. The smallest absolute Gasteiger partial charge is 0.355 e. The summed E-state index contributed by atoms with van der Waals surface area (Å²) in [7, 11) is 0. The van der Waals surface area contributed by atoms with E-state index in [1.54, 1.807) is 12.2 Å². The third-order valence-corrected chi connectivity index (χ3v) is 2.61. The first kappa shape index (κ1) is 17.2. The van der Waals surface area contributed by atoms with E-state index in [1.165, 1.54) is 5.06 Å². The minimum atomic E-state index is -0.420. The third kappa shape index (κ3) is 5.97. The lowest BCUT2D eigenvalue weighted by Crippen LogP contribution is -2.38. The van der Waals surface area contributed by atoms with Gasteiger partial charge in [-0.05, 0) is 20.3 Å². The van der Waals surface area contributed by atoms with E-state index in [9.17, 15) is 0 Å². The van der Waals surface area contributed by atoms with Crippen LogP contribution in [0.1, 0.15) is 27.2 Å². The quantitative estimate of drug-likeness (QED) is 0.391. The molecule has 0 fully saturated rings. The lowest BCUT2D eigenvalue weighted by molar-refractivity contribution is -0.296. The molecule has 0 atom stereocenters. The molecule has 1 heterocycles. The molecular weight excluding hydrogens is 274 g/mol. The van der Waals surface area contributed by atoms with Crippen molar-refractivity contribution in [3.8, 4) is 0 Å². The molecule has 0 N–H and O–H groups in total. The number of amidine groups is 2. The van der Waals surface area contributed by atoms with Gasteiger partial charge in [-0.1, -0.05) is 25.7 Å². The monoisotopic (exact) mass is 297 g/mol. The van der Waals surface area contributed by atoms with Crippen molar-refractivity contribution in [3.05, 3.63) is 25.3 Å². The topological polar surface area (TPSA) is 64.9 Å². The Morgan fingerprint density at radius 1 is 1.29 bits per heavy atom. The Hall–Kier alpha value is -1.86.